The molecule has 28 heavy (non-hydrogen) atoms. The van der Waals surface area contributed by atoms with E-state index in [1.165, 1.54) is 0 Å². The van der Waals surface area contributed by atoms with Crippen molar-refractivity contribution in [2.75, 3.05) is 19.7 Å². The average molecular weight is 408 g/mol. The molecule has 0 saturated carbocycles. The van der Waals surface area contributed by atoms with Crippen LogP contribution in [0.2, 0.25) is 5.15 Å². The summed E-state index contributed by atoms with van der Waals surface area (Å²) >= 11 is 6.09. The van der Waals surface area contributed by atoms with E-state index in [9.17, 15) is 4.79 Å². The van der Waals surface area contributed by atoms with Gasteiger partial charge in [-0.3, -0.25) is 4.98 Å². The van der Waals surface area contributed by atoms with E-state index in [0.717, 1.165) is 11.8 Å². The van der Waals surface area contributed by atoms with E-state index >= 15 is 0 Å². The second kappa shape index (κ2) is 8.49. The fourth-order valence-electron chi connectivity index (χ4n) is 3.01. The van der Waals surface area contributed by atoms with E-state index in [4.69, 9.17) is 25.8 Å². The van der Waals surface area contributed by atoms with Gasteiger partial charge >= 0.3 is 6.09 Å². The first-order valence-corrected chi connectivity index (χ1v) is 9.80. The lowest BCUT2D eigenvalue weighted by Crippen LogP contribution is -2.52. The zero-order valence-corrected chi connectivity index (χ0v) is 17.4. The van der Waals surface area contributed by atoms with Crippen molar-refractivity contribution in [1.82, 2.24) is 14.9 Å². The van der Waals surface area contributed by atoms with E-state index in [2.05, 4.69) is 9.97 Å². The highest BCUT2D eigenvalue weighted by atomic mass is 35.5. The first kappa shape index (κ1) is 20.6. The minimum absolute atomic E-state index is 0.0689. The molecule has 3 rings (SSSR count). The molecule has 0 aliphatic carbocycles. The van der Waals surface area contributed by atoms with E-state index in [-0.39, 0.29) is 24.9 Å². The normalized spacial score (nSPS) is 20.2. The Morgan fingerprint density at radius 1 is 1.36 bits per heavy atom. The molecule has 8 heteroatoms. The predicted octanol–water partition coefficient (Wildman–Crippen LogP) is 4.08. The third-order valence-corrected chi connectivity index (χ3v) is 4.47. The Morgan fingerprint density at radius 2 is 2.11 bits per heavy atom. The molecule has 1 aliphatic rings. The molecule has 1 amide bonds. The standard InChI is InChI=1S/C20H26ClN3O4/c1-5-13-10-24(19(25)28-20(2,3)4)11-14(27-13)12-26-18-15-7-6-8-22-16(15)9-17(21)23-18/h6-9,13-14H,5,10-12H2,1-4H3/t13-,14+/m1/s1. The smallest absolute Gasteiger partial charge is 0.410 e. The predicted molar refractivity (Wildman–Crippen MR) is 107 cm³/mol. The van der Waals surface area contributed by atoms with Crippen LogP contribution in [0.15, 0.2) is 24.4 Å². The number of ether oxygens (including phenoxy) is 3. The lowest BCUT2D eigenvalue weighted by molar-refractivity contribution is -0.100. The molecule has 1 saturated heterocycles. The van der Waals surface area contributed by atoms with Gasteiger partial charge in [0.25, 0.3) is 0 Å². The summed E-state index contributed by atoms with van der Waals surface area (Å²) in [5.74, 6) is 0.404. The number of aromatic nitrogens is 2. The van der Waals surface area contributed by atoms with Crippen molar-refractivity contribution in [3.63, 3.8) is 0 Å². The van der Waals surface area contributed by atoms with Crippen LogP contribution in [0, 0.1) is 0 Å². The van der Waals surface area contributed by atoms with Gasteiger partial charge in [0, 0.05) is 12.3 Å². The molecule has 2 atom stereocenters. The summed E-state index contributed by atoms with van der Waals surface area (Å²) in [7, 11) is 0. The maximum atomic E-state index is 12.5. The monoisotopic (exact) mass is 407 g/mol. The Kier molecular flexibility index (Phi) is 6.25. The zero-order chi connectivity index (χ0) is 20.3. The Labute approximate surface area is 169 Å². The first-order valence-electron chi connectivity index (χ1n) is 9.42. The molecule has 1 fully saturated rings. The topological polar surface area (TPSA) is 73.8 Å². The quantitative estimate of drug-likeness (QED) is 0.711. The van der Waals surface area contributed by atoms with Crippen molar-refractivity contribution in [3.8, 4) is 5.88 Å². The minimum Gasteiger partial charge on any atom is -0.474 e. The molecule has 0 unspecified atom stereocenters. The van der Waals surface area contributed by atoms with Gasteiger partial charge in [-0.05, 0) is 39.3 Å². The molecule has 152 valence electrons. The van der Waals surface area contributed by atoms with Crippen LogP contribution in [0.25, 0.3) is 10.9 Å². The fourth-order valence-corrected chi connectivity index (χ4v) is 3.19. The zero-order valence-electron chi connectivity index (χ0n) is 16.6. The Bertz CT molecular complexity index is 840. The van der Waals surface area contributed by atoms with Crippen LogP contribution in [0.4, 0.5) is 4.79 Å². The van der Waals surface area contributed by atoms with Gasteiger partial charge in [-0.1, -0.05) is 18.5 Å². The summed E-state index contributed by atoms with van der Waals surface area (Å²) in [5, 5.41) is 1.09. The number of hydrogen-bond donors (Lipinski definition) is 0. The van der Waals surface area contributed by atoms with E-state index in [0.29, 0.717) is 29.6 Å². The van der Waals surface area contributed by atoms with Crippen LogP contribution >= 0.6 is 11.6 Å². The average Bonchev–Trinajstić information content (AvgIpc) is 2.64. The van der Waals surface area contributed by atoms with Gasteiger partial charge in [0.15, 0.2) is 0 Å². The summed E-state index contributed by atoms with van der Waals surface area (Å²) in [5.41, 5.74) is 0.170. The van der Waals surface area contributed by atoms with Gasteiger partial charge < -0.3 is 19.1 Å². The van der Waals surface area contributed by atoms with Gasteiger partial charge in [0.05, 0.1) is 30.1 Å². The highest BCUT2D eigenvalue weighted by Crippen LogP contribution is 2.26. The molecule has 2 aromatic heterocycles. The molecule has 2 aromatic rings. The summed E-state index contributed by atoms with van der Waals surface area (Å²) in [6, 6.07) is 5.39. The molecule has 3 heterocycles. The van der Waals surface area contributed by atoms with Crippen LogP contribution < -0.4 is 4.74 Å². The molecular weight excluding hydrogens is 382 g/mol. The maximum absolute atomic E-state index is 12.5. The van der Waals surface area contributed by atoms with Gasteiger partial charge in [0.2, 0.25) is 5.88 Å². The van der Waals surface area contributed by atoms with Gasteiger partial charge in [-0.15, -0.1) is 0 Å². The number of carbonyl (C=O) groups excluding carboxylic acids is 1. The largest absolute Gasteiger partial charge is 0.474 e. The number of hydrogen-bond acceptors (Lipinski definition) is 6. The SMILES string of the molecule is CC[C@@H]1CN(C(=O)OC(C)(C)C)C[C@@H](COc2nc(Cl)cc3ncccc23)O1. The molecule has 0 bridgehead atoms. The molecule has 0 aromatic carbocycles. The van der Waals surface area contributed by atoms with Crippen LogP contribution in [-0.4, -0.2) is 58.5 Å². The molecule has 0 N–H and O–H groups in total. The van der Waals surface area contributed by atoms with Crippen LogP contribution in [0.5, 0.6) is 5.88 Å². The molecule has 7 nitrogen and oxygen atoms in total. The van der Waals surface area contributed by atoms with E-state index in [1.54, 1.807) is 17.2 Å². The summed E-state index contributed by atoms with van der Waals surface area (Å²) < 4.78 is 17.5. The van der Waals surface area contributed by atoms with Crippen molar-refractivity contribution in [2.45, 2.75) is 51.9 Å². The van der Waals surface area contributed by atoms with Crippen LogP contribution in [0.3, 0.4) is 0 Å². The first-order chi connectivity index (χ1) is 13.2. The third kappa shape index (κ3) is 5.23. The van der Waals surface area contributed by atoms with Gasteiger partial charge in [0.1, 0.15) is 23.5 Å². The number of rotatable bonds is 4. The number of amides is 1. The van der Waals surface area contributed by atoms with E-state index < -0.39 is 5.60 Å². The Hall–Kier alpha value is -2.12. The summed E-state index contributed by atoms with van der Waals surface area (Å²) in [6.07, 6.45) is 1.78. The summed E-state index contributed by atoms with van der Waals surface area (Å²) in [4.78, 5) is 22.7. The van der Waals surface area contributed by atoms with E-state index in [1.807, 2.05) is 39.8 Å². The molecular formula is C20H26ClN3O4. The van der Waals surface area contributed by atoms with Crippen LogP contribution in [0.1, 0.15) is 34.1 Å². The second-order valence-electron chi connectivity index (χ2n) is 7.80. The Morgan fingerprint density at radius 3 is 2.82 bits per heavy atom. The highest BCUT2D eigenvalue weighted by Gasteiger charge is 2.33. The van der Waals surface area contributed by atoms with Gasteiger partial charge in [-0.2, -0.15) is 0 Å². The third-order valence-electron chi connectivity index (χ3n) is 4.28. The molecule has 0 radical (unpaired) electrons. The lowest BCUT2D eigenvalue weighted by atomic mass is 10.2. The number of carbonyl (C=O) groups is 1. The van der Waals surface area contributed by atoms with Crippen molar-refractivity contribution in [3.05, 3.63) is 29.5 Å². The number of fused-ring (bicyclic) bond motifs is 1. The fraction of sp³-hybridized carbons (Fsp3) is 0.550. The van der Waals surface area contributed by atoms with Crippen molar-refractivity contribution in [2.24, 2.45) is 0 Å². The lowest BCUT2D eigenvalue weighted by Gasteiger charge is -2.38. The molecule has 0 spiro atoms. The van der Waals surface area contributed by atoms with Crippen molar-refractivity contribution >= 4 is 28.6 Å². The van der Waals surface area contributed by atoms with Crippen LogP contribution in [-0.2, 0) is 9.47 Å². The Balaban J connectivity index is 1.70. The van der Waals surface area contributed by atoms with Gasteiger partial charge in [-0.25, -0.2) is 9.78 Å². The number of morpholine rings is 1. The minimum atomic E-state index is -0.542. The number of nitrogens with zero attached hydrogens (tertiary/aromatic N) is 3. The summed E-state index contributed by atoms with van der Waals surface area (Å²) in [6.45, 7) is 8.73. The van der Waals surface area contributed by atoms with Crippen molar-refractivity contribution < 1.29 is 19.0 Å². The highest BCUT2D eigenvalue weighted by molar-refractivity contribution is 6.30. The second-order valence-corrected chi connectivity index (χ2v) is 8.19. The maximum Gasteiger partial charge on any atom is 0.410 e. The number of halogens is 1. The molecule has 1 aliphatic heterocycles. The van der Waals surface area contributed by atoms with Crippen molar-refractivity contribution in [1.29, 1.82) is 0 Å². The number of pyridine rings is 2.